The van der Waals surface area contributed by atoms with Crippen LogP contribution in [-0.4, -0.2) is 14.5 Å². The van der Waals surface area contributed by atoms with Crippen molar-refractivity contribution in [3.05, 3.63) is 100 Å². The van der Waals surface area contributed by atoms with Crippen LogP contribution >= 0.6 is 11.6 Å². The minimum Gasteiger partial charge on any atom is -0.342 e. The summed E-state index contributed by atoms with van der Waals surface area (Å²) in [6.07, 6.45) is 3.97. The van der Waals surface area contributed by atoms with Crippen molar-refractivity contribution in [1.82, 2.24) is 14.5 Å². The van der Waals surface area contributed by atoms with Crippen LogP contribution in [0.15, 0.2) is 72.9 Å². The van der Waals surface area contributed by atoms with E-state index >= 15 is 0 Å². The van der Waals surface area contributed by atoms with Gasteiger partial charge >= 0.3 is 0 Å². The lowest BCUT2D eigenvalue weighted by Crippen LogP contribution is -1.98. The SMILES string of the molecule is Cc1ccc2nc(C(C#N)=Cc3cn(Cc4ccccc4Cl)c4ccccc34)[nH]c2c1. The third-order valence-corrected chi connectivity index (χ3v) is 5.80. The van der Waals surface area contributed by atoms with Gasteiger partial charge in [-0.1, -0.05) is 54.1 Å². The number of aromatic nitrogens is 3. The first-order chi connectivity index (χ1) is 15.1. The summed E-state index contributed by atoms with van der Waals surface area (Å²) in [6, 6.07) is 24.4. The number of allylic oxidation sites excluding steroid dienone is 1. The summed E-state index contributed by atoms with van der Waals surface area (Å²) in [7, 11) is 0. The number of halogens is 1. The minimum absolute atomic E-state index is 0.495. The van der Waals surface area contributed by atoms with E-state index in [0.717, 1.165) is 43.6 Å². The molecule has 0 aliphatic rings. The van der Waals surface area contributed by atoms with Gasteiger partial charge in [-0.3, -0.25) is 0 Å². The summed E-state index contributed by atoms with van der Waals surface area (Å²) in [4.78, 5) is 7.90. The number of nitrogens with one attached hydrogen (secondary N) is 1. The molecule has 5 rings (SSSR count). The Bertz CT molecular complexity index is 1500. The van der Waals surface area contributed by atoms with Gasteiger partial charge in [0.25, 0.3) is 0 Å². The van der Waals surface area contributed by atoms with Crippen LogP contribution < -0.4 is 0 Å². The Hall–Kier alpha value is -3.81. The van der Waals surface area contributed by atoms with Crippen LogP contribution in [-0.2, 0) is 6.54 Å². The molecule has 0 amide bonds. The van der Waals surface area contributed by atoms with Crippen LogP contribution in [0.3, 0.4) is 0 Å². The number of aryl methyl sites for hydroxylation is 1. The summed E-state index contributed by atoms with van der Waals surface area (Å²) in [5.74, 6) is 0.575. The number of para-hydroxylation sites is 1. The van der Waals surface area contributed by atoms with Crippen LogP contribution in [0, 0.1) is 18.3 Å². The molecule has 0 aliphatic carbocycles. The zero-order valence-corrected chi connectivity index (χ0v) is 17.7. The average molecular weight is 423 g/mol. The summed E-state index contributed by atoms with van der Waals surface area (Å²) in [5.41, 5.74) is 6.53. The third kappa shape index (κ3) is 3.61. The zero-order chi connectivity index (χ0) is 21.4. The third-order valence-electron chi connectivity index (χ3n) is 5.43. The number of nitriles is 1. The predicted octanol–water partition coefficient (Wildman–Crippen LogP) is 6.59. The van der Waals surface area contributed by atoms with E-state index in [2.05, 4.69) is 38.9 Å². The standard InChI is InChI=1S/C26H19ClN4/c1-17-10-11-23-24(12-17)30-26(29-23)19(14-28)13-20-16-31(25-9-5-3-7-21(20)25)15-18-6-2-4-8-22(18)27/h2-13,16H,15H2,1H3,(H,29,30). The summed E-state index contributed by atoms with van der Waals surface area (Å²) < 4.78 is 2.17. The molecule has 150 valence electrons. The molecule has 0 saturated heterocycles. The summed E-state index contributed by atoms with van der Waals surface area (Å²) in [6.45, 7) is 2.69. The molecule has 0 radical (unpaired) electrons. The van der Waals surface area contributed by atoms with Gasteiger partial charge in [-0.2, -0.15) is 5.26 Å². The lowest BCUT2D eigenvalue weighted by Gasteiger charge is -2.07. The van der Waals surface area contributed by atoms with Gasteiger partial charge in [-0.25, -0.2) is 4.98 Å². The number of imidazole rings is 1. The van der Waals surface area contributed by atoms with Crippen molar-refractivity contribution >= 4 is 45.2 Å². The lowest BCUT2D eigenvalue weighted by molar-refractivity contribution is 0.836. The average Bonchev–Trinajstić information content (AvgIpc) is 3.35. The van der Waals surface area contributed by atoms with Gasteiger partial charge in [-0.15, -0.1) is 0 Å². The van der Waals surface area contributed by atoms with Gasteiger partial charge in [0.1, 0.15) is 11.9 Å². The fourth-order valence-corrected chi connectivity index (χ4v) is 4.09. The molecule has 31 heavy (non-hydrogen) atoms. The Labute approximate surface area is 185 Å². The molecule has 4 nitrogen and oxygen atoms in total. The highest BCUT2D eigenvalue weighted by atomic mass is 35.5. The Balaban J connectivity index is 1.61. The smallest absolute Gasteiger partial charge is 0.149 e. The molecule has 3 aromatic carbocycles. The monoisotopic (exact) mass is 422 g/mol. The molecule has 0 atom stereocenters. The van der Waals surface area contributed by atoms with Crippen LogP contribution in [0.4, 0.5) is 0 Å². The Morgan fingerprint density at radius 2 is 1.94 bits per heavy atom. The van der Waals surface area contributed by atoms with Gasteiger partial charge < -0.3 is 9.55 Å². The minimum atomic E-state index is 0.495. The number of aromatic amines is 1. The van der Waals surface area contributed by atoms with Crippen molar-refractivity contribution in [3.8, 4) is 6.07 Å². The van der Waals surface area contributed by atoms with Crippen molar-refractivity contribution in [1.29, 1.82) is 5.26 Å². The maximum Gasteiger partial charge on any atom is 0.149 e. The second kappa shape index (κ2) is 7.79. The maximum atomic E-state index is 9.87. The lowest BCUT2D eigenvalue weighted by atomic mass is 10.1. The maximum absolute atomic E-state index is 9.87. The largest absolute Gasteiger partial charge is 0.342 e. The Kier molecular flexibility index (Phi) is 4.82. The fraction of sp³-hybridized carbons (Fsp3) is 0.0769. The number of hydrogen-bond acceptors (Lipinski definition) is 2. The molecule has 0 bridgehead atoms. The topological polar surface area (TPSA) is 57.4 Å². The molecule has 0 fully saturated rings. The van der Waals surface area contributed by atoms with Gasteiger partial charge in [-0.05, 0) is 48.4 Å². The van der Waals surface area contributed by atoms with Gasteiger partial charge in [0, 0.05) is 34.2 Å². The van der Waals surface area contributed by atoms with Crippen LogP contribution in [0.2, 0.25) is 5.02 Å². The number of fused-ring (bicyclic) bond motifs is 2. The van der Waals surface area contributed by atoms with Crippen LogP contribution in [0.1, 0.15) is 22.5 Å². The van der Waals surface area contributed by atoms with Crippen molar-refractivity contribution in [2.24, 2.45) is 0 Å². The molecule has 0 saturated carbocycles. The second-order valence-corrected chi connectivity index (χ2v) is 8.00. The molecular formula is C26H19ClN4. The van der Waals surface area contributed by atoms with Crippen molar-refractivity contribution in [2.45, 2.75) is 13.5 Å². The Morgan fingerprint density at radius 1 is 1.13 bits per heavy atom. The van der Waals surface area contributed by atoms with Gasteiger partial charge in [0.05, 0.1) is 16.6 Å². The Morgan fingerprint density at radius 3 is 2.77 bits per heavy atom. The van der Waals surface area contributed by atoms with E-state index in [-0.39, 0.29) is 0 Å². The van der Waals surface area contributed by atoms with E-state index in [4.69, 9.17) is 11.6 Å². The molecule has 0 spiro atoms. The van der Waals surface area contributed by atoms with E-state index in [0.29, 0.717) is 17.9 Å². The van der Waals surface area contributed by atoms with Gasteiger partial charge in [0.2, 0.25) is 0 Å². The van der Waals surface area contributed by atoms with Gasteiger partial charge in [0.15, 0.2) is 0 Å². The molecule has 2 aromatic heterocycles. The number of benzene rings is 3. The molecule has 2 heterocycles. The van der Waals surface area contributed by atoms with Crippen LogP contribution in [0.5, 0.6) is 0 Å². The molecule has 1 N–H and O–H groups in total. The molecule has 5 heteroatoms. The first kappa shape index (κ1) is 19.2. The predicted molar refractivity (Wildman–Crippen MR) is 127 cm³/mol. The van der Waals surface area contributed by atoms with Crippen molar-refractivity contribution in [2.75, 3.05) is 0 Å². The highest BCUT2D eigenvalue weighted by Crippen LogP contribution is 2.28. The number of H-pyrrole nitrogens is 1. The molecule has 0 aliphatic heterocycles. The summed E-state index contributed by atoms with van der Waals surface area (Å²) >= 11 is 6.39. The first-order valence-corrected chi connectivity index (χ1v) is 10.4. The van der Waals surface area contributed by atoms with E-state index in [1.165, 1.54) is 0 Å². The second-order valence-electron chi connectivity index (χ2n) is 7.60. The fourth-order valence-electron chi connectivity index (χ4n) is 3.89. The molecular weight excluding hydrogens is 404 g/mol. The van der Waals surface area contributed by atoms with E-state index in [9.17, 15) is 5.26 Å². The van der Waals surface area contributed by atoms with E-state index in [1.54, 1.807) is 0 Å². The van der Waals surface area contributed by atoms with E-state index in [1.807, 2.05) is 67.6 Å². The van der Waals surface area contributed by atoms with E-state index < -0.39 is 0 Å². The molecule has 0 unspecified atom stereocenters. The number of rotatable bonds is 4. The molecule has 5 aromatic rings. The van der Waals surface area contributed by atoms with Crippen LogP contribution in [0.25, 0.3) is 33.6 Å². The van der Waals surface area contributed by atoms with Crippen molar-refractivity contribution in [3.63, 3.8) is 0 Å². The normalized spacial score (nSPS) is 11.8. The zero-order valence-electron chi connectivity index (χ0n) is 16.9. The first-order valence-electron chi connectivity index (χ1n) is 10.0. The van der Waals surface area contributed by atoms with Crippen molar-refractivity contribution < 1.29 is 0 Å². The summed E-state index contributed by atoms with van der Waals surface area (Å²) in [5, 5.41) is 11.7. The quantitative estimate of drug-likeness (QED) is 0.332. The highest BCUT2D eigenvalue weighted by Gasteiger charge is 2.12. The number of nitrogens with zero attached hydrogens (tertiary/aromatic N) is 3. The highest BCUT2D eigenvalue weighted by molar-refractivity contribution is 6.31. The number of hydrogen-bond donors (Lipinski definition) is 1.